The summed E-state index contributed by atoms with van der Waals surface area (Å²) in [6.07, 6.45) is 0.0365. The summed E-state index contributed by atoms with van der Waals surface area (Å²) in [5, 5.41) is 3.09. The van der Waals surface area contributed by atoms with Gasteiger partial charge in [-0.05, 0) is 19.1 Å². The lowest BCUT2D eigenvalue weighted by Gasteiger charge is -2.24. The summed E-state index contributed by atoms with van der Waals surface area (Å²) in [5.74, 6) is 0.0443. The molecule has 2 nitrogen and oxygen atoms in total. The van der Waals surface area contributed by atoms with Crippen molar-refractivity contribution in [1.82, 2.24) is 0 Å². The molecular weight excluding hydrogens is 157 g/mol. The van der Waals surface area contributed by atoms with Gasteiger partial charge in [0.1, 0.15) is 6.10 Å². The Kier molecular flexibility index (Phi) is 1.64. The van der Waals surface area contributed by atoms with Crippen molar-refractivity contribution in [3.8, 4) is 5.75 Å². The molecule has 3 heteroatoms. The van der Waals surface area contributed by atoms with Gasteiger partial charge in [0, 0.05) is 0 Å². The maximum Gasteiger partial charge on any atom is 0.178 e. The molecule has 1 aliphatic heterocycles. The number of halogens is 1. The molecule has 12 heavy (non-hydrogen) atoms. The van der Waals surface area contributed by atoms with Crippen LogP contribution >= 0.6 is 0 Å². The minimum Gasteiger partial charge on any atom is -0.484 e. The molecule has 0 amide bonds. The van der Waals surface area contributed by atoms with E-state index >= 15 is 0 Å². The second-order valence-corrected chi connectivity index (χ2v) is 2.93. The predicted molar refractivity (Wildman–Crippen MR) is 45.0 cm³/mol. The van der Waals surface area contributed by atoms with Crippen molar-refractivity contribution in [1.29, 1.82) is 0 Å². The fraction of sp³-hybridized carbons (Fsp3) is 0.333. The van der Waals surface area contributed by atoms with E-state index in [-0.39, 0.29) is 11.9 Å². The molecule has 1 aliphatic rings. The van der Waals surface area contributed by atoms with E-state index in [9.17, 15) is 4.39 Å². The number of benzene rings is 1. The summed E-state index contributed by atoms with van der Waals surface area (Å²) in [7, 11) is 0. The van der Waals surface area contributed by atoms with Crippen molar-refractivity contribution < 1.29 is 9.13 Å². The number of fused-ring (bicyclic) bond motifs is 1. The van der Waals surface area contributed by atoms with Gasteiger partial charge in [0.25, 0.3) is 0 Å². The van der Waals surface area contributed by atoms with Gasteiger partial charge in [0.2, 0.25) is 0 Å². The van der Waals surface area contributed by atoms with Crippen LogP contribution in [0.15, 0.2) is 18.2 Å². The Bertz CT molecular complexity index is 301. The predicted octanol–water partition coefficient (Wildman–Crippen LogP) is 2.02. The molecule has 1 aromatic rings. The van der Waals surface area contributed by atoms with E-state index in [1.165, 1.54) is 6.07 Å². The van der Waals surface area contributed by atoms with Crippen LogP contribution in [0.1, 0.15) is 6.92 Å². The van der Waals surface area contributed by atoms with Gasteiger partial charge in [0.15, 0.2) is 11.6 Å². The fourth-order valence-corrected chi connectivity index (χ4v) is 1.26. The van der Waals surface area contributed by atoms with Crippen LogP contribution in [-0.2, 0) is 0 Å². The van der Waals surface area contributed by atoms with Crippen LogP contribution in [0.25, 0.3) is 0 Å². The Labute approximate surface area is 70.3 Å². The Morgan fingerprint density at radius 2 is 2.42 bits per heavy atom. The third-order valence-electron chi connectivity index (χ3n) is 1.87. The van der Waals surface area contributed by atoms with Crippen LogP contribution in [-0.4, -0.2) is 12.6 Å². The maximum absolute atomic E-state index is 13.1. The minimum absolute atomic E-state index is 0.0365. The van der Waals surface area contributed by atoms with Gasteiger partial charge in [-0.3, -0.25) is 0 Å². The van der Waals surface area contributed by atoms with Gasteiger partial charge in [-0.15, -0.1) is 0 Å². The molecule has 1 aromatic carbocycles. The van der Waals surface area contributed by atoms with Gasteiger partial charge in [0.05, 0.1) is 12.2 Å². The second kappa shape index (κ2) is 2.66. The molecule has 0 spiro atoms. The largest absolute Gasteiger partial charge is 0.484 e. The maximum atomic E-state index is 13.1. The Hall–Kier alpha value is -1.25. The summed E-state index contributed by atoms with van der Waals surface area (Å²) < 4.78 is 18.4. The summed E-state index contributed by atoms with van der Waals surface area (Å²) >= 11 is 0. The summed E-state index contributed by atoms with van der Waals surface area (Å²) in [6, 6.07) is 4.88. The van der Waals surface area contributed by atoms with E-state index in [1.54, 1.807) is 6.07 Å². The lowest BCUT2D eigenvalue weighted by atomic mass is 10.2. The number of hydrogen-bond acceptors (Lipinski definition) is 2. The Balaban J connectivity index is 2.43. The molecule has 0 aliphatic carbocycles. The molecule has 0 radical (unpaired) electrons. The van der Waals surface area contributed by atoms with E-state index in [0.29, 0.717) is 5.75 Å². The van der Waals surface area contributed by atoms with E-state index in [1.807, 2.05) is 13.0 Å². The van der Waals surface area contributed by atoms with Gasteiger partial charge < -0.3 is 10.1 Å². The highest BCUT2D eigenvalue weighted by atomic mass is 19.1. The first-order valence-electron chi connectivity index (χ1n) is 3.96. The van der Waals surface area contributed by atoms with Crippen molar-refractivity contribution in [2.45, 2.75) is 13.0 Å². The molecule has 2 rings (SSSR count). The molecule has 0 bridgehead atoms. The van der Waals surface area contributed by atoms with Crippen molar-refractivity contribution in [2.24, 2.45) is 0 Å². The van der Waals surface area contributed by atoms with Crippen LogP contribution in [0, 0.1) is 5.82 Å². The standard InChI is InChI=1S/C9H10FNO/c1-6-5-11-8-4-2-3-7(10)9(8)12-6/h2-4,6,11H,5H2,1H3/t6-/m0/s1. The summed E-state index contributed by atoms with van der Waals surface area (Å²) in [5.41, 5.74) is 0.744. The zero-order valence-corrected chi connectivity index (χ0v) is 6.80. The molecule has 0 saturated carbocycles. The first-order valence-corrected chi connectivity index (χ1v) is 3.96. The van der Waals surface area contributed by atoms with E-state index in [2.05, 4.69) is 5.32 Å². The molecule has 0 unspecified atom stereocenters. The van der Waals surface area contributed by atoms with E-state index < -0.39 is 0 Å². The molecule has 64 valence electrons. The second-order valence-electron chi connectivity index (χ2n) is 2.93. The van der Waals surface area contributed by atoms with Gasteiger partial charge in [-0.25, -0.2) is 4.39 Å². The zero-order chi connectivity index (χ0) is 8.55. The highest BCUT2D eigenvalue weighted by molar-refractivity contribution is 5.58. The molecule has 1 atom stereocenters. The van der Waals surface area contributed by atoms with Crippen molar-refractivity contribution in [3.63, 3.8) is 0 Å². The summed E-state index contributed by atoms with van der Waals surface area (Å²) in [4.78, 5) is 0. The highest BCUT2D eigenvalue weighted by Gasteiger charge is 2.17. The van der Waals surface area contributed by atoms with Gasteiger partial charge in [-0.2, -0.15) is 0 Å². The monoisotopic (exact) mass is 167 g/mol. The molecule has 0 fully saturated rings. The minimum atomic E-state index is -0.299. The van der Waals surface area contributed by atoms with E-state index in [0.717, 1.165) is 12.2 Å². The van der Waals surface area contributed by atoms with Gasteiger partial charge in [-0.1, -0.05) is 6.07 Å². The van der Waals surface area contributed by atoms with Crippen molar-refractivity contribution >= 4 is 5.69 Å². The normalized spacial score (nSPS) is 20.7. The average molecular weight is 167 g/mol. The Morgan fingerprint density at radius 3 is 3.25 bits per heavy atom. The molecule has 0 aromatic heterocycles. The van der Waals surface area contributed by atoms with Crippen LogP contribution in [0.4, 0.5) is 10.1 Å². The first kappa shape index (κ1) is 7.40. The summed E-state index contributed by atoms with van der Waals surface area (Å²) in [6.45, 7) is 2.64. The average Bonchev–Trinajstić information content (AvgIpc) is 2.07. The number of rotatable bonds is 0. The van der Waals surface area contributed by atoms with Crippen LogP contribution < -0.4 is 10.1 Å². The Morgan fingerprint density at radius 1 is 1.58 bits per heavy atom. The topological polar surface area (TPSA) is 21.3 Å². The fourth-order valence-electron chi connectivity index (χ4n) is 1.26. The molecule has 1 N–H and O–H groups in total. The number of hydrogen-bond donors (Lipinski definition) is 1. The number of anilines is 1. The lowest BCUT2D eigenvalue weighted by molar-refractivity contribution is 0.215. The third kappa shape index (κ3) is 1.11. The van der Waals surface area contributed by atoms with Crippen molar-refractivity contribution in [2.75, 3.05) is 11.9 Å². The zero-order valence-electron chi connectivity index (χ0n) is 6.80. The third-order valence-corrected chi connectivity index (χ3v) is 1.87. The smallest absolute Gasteiger partial charge is 0.178 e. The highest BCUT2D eigenvalue weighted by Crippen LogP contribution is 2.31. The number of para-hydroxylation sites is 1. The molecule has 0 saturated heterocycles. The quantitative estimate of drug-likeness (QED) is 0.638. The first-order chi connectivity index (χ1) is 5.77. The van der Waals surface area contributed by atoms with Gasteiger partial charge >= 0.3 is 0 Å². The number of ether oxygens (including phenoxy) is 1. The van der Waals surface area contributed by atoms with Crippen molar-refractivity contribution in [3.05, 3.63) is 24.0 Å². The SMILES string of the molecule is C[C@H]1CNc2cccc(F)c2O1. The molecular formula is C9H10FNO. The van der Waals surface area contributed by atoms with Crippen LogP contribution in [0.2, 0.25) is 0 Å². The molecule has 1 heterocycles. The van der Waals surface area contributed by atoms with Crippen LogP contribution in [0.3, 0.4) is 0 Å². The van der Waals surface area contributed by atoms with E-state index in [4.69, 9.17) is 4.74 Å². The number of nitrogens with one attached hydrogen (secondary N) is 1. The lowest BCUT2D eigenvalue weighted by Crippen LogP contribution is -2.28. The van der Waals surface area contributed by atoms with Crippen LogP contribution in [0.5, 0.6) is 5.75 Å².